The van der Waals surface area contributed by atoms with Crippen molar-refractivity contribution < 1.29 is 9.59 Å². The predicted molar refractivity (Wildman–Crippen MR) is 100 cm³/mol. The van der Waals surface area contributed by atoms with E-state index in [1.165, 1.54) is 12.5 Å². The van der Waals surface area contributed by atoms with Gasteiger partial charge in [0, 0.05) is 31.4 Å². The molecule has 6 heteroatoms. The van der Waals surface area contributed by atoms with Gasteiger partial charge in [-0.3, -0.25) is 4.79 Å². The summed E-state index contributed by atoms with van der Waals surface area (Å²) in [5.74, 6) is -0.130. The maximum atomic E-state index is 12.0. The average molecular weight is 340 g/mol. The van der Waals surface area contributed by atoms with Crippen LogP contribution in [0.4, 0.5) is 16.2 Å². The SMILES string of the molecule is CC(=O)Nc1ccc(NC(=O)NCc2cccc(CN(C)C)c2)cc1. The highest BCUT2D eigenvalue weighted by Crippen LogP contribution is 2.13. The quantitative estimate of drug-likeness (QED) is 0.757. The third-order valence-electron chi connectivity index (χ3n) is 3.41. The molecule has 0 aromatic heterocycles. The van der Waals surface area contributed by atoms with Crippen LogP contribution in [0.5, 0.6) is 0 Å². The topological polar surface area (TPSA) is 73.5 Å². The maximum Gasteiger partial charge on any atom is 0.319 e. The molecule has 0 saturated heterocycles. The van der Waals surface area contributed by atoms with Gasteiger partial charge in [-0.25, -0.2) is 4.79 Å². The van der Waals surface area contributed by atoms with Gasteiger partial charge in [0.05, 0.1) is 0 Å². The van der Waals surface area contributed by atoms with Gasteiger partial charge in [-0.15, -0.1) is 0 Å². The number of anilines is 2. The molecule has 6 nitrogen and oxygen atoms in total. The smallest absolute Gasteiger partial charge is 0.319 e. The van der Waals surface area contributed by atoms with Crippen molar-refractivity contribution in [3.63, 3.8) is 0 Å². The molecule has 0 spiro atoms. The molecule has 0 heterocycles. The number of benzene rings is 2. The van der Waals surface area contributed by atoms with Crippen molar-refractivity contribution in [1.29, 1.82) is 0 Å². The van der Waals surface area contributed by atoms with Crippen molar-refractivity contribution in [2.24, 2.45) is 0 Å². The highest BCUT2D eigenvalue weighted by Gasteiger charge is 2.03. The molecule has 2 aromatic carbocycles. The van der Waals surface area contributed by atoms with E-state index in [2.05, 4.69) is 33.0 Å². The summed E-state index contributed by atoms with van der Waals surface area (Å²) in [6, 6.07) is 14.8. The summed E-state index contributed by atoms with van der Waals surface area (Å²) in [5.41, 5.74) is 3.61. The molecule has 132 valence electrons. The van der Waals surface area contributed by atoms with Gasteiger partial charge < -0.3 is 20.9 Å². The van der Waals surface area contributed by atoms with Crippen LogP contribution in [0.2, 0.25) is 0 Å². The second-order valence-electron chi connectivity index (χ2n) is 6.12. The summed E-state index contributed by atoms with van der Waals surface area (Å²) >= 11 is 0. The van der Waals surface area contributed by atoms with Crippen molar-refractivity contribution in [2.75, 3.05) is 24.7 Å². The zero-order chi connectivity index (χ0) is 18.2. The Labute approximate surface area is 148 Å². The van der Waals surface area contributed by atoms with E-state index in [0.29, 0.717) is 17.9 Å². The summed E-state index contributed by atoms with van der Waals surface area (Å²) in [4.78, 5) is 25.1. The van der Waals surface area contributed by atoms with Crippen molar-refractivity contribution in [1.82, 2.24) is 10.2 Å². The molecule has 0 aliphatic carbocycles. The number of carbonyl (C=O) groups is 2. The molecule has 3 amide bonds. The van der Waals surface area contributed by atoms with E-state index in [1.54, 1.807) is 24.3 Å². The summed E-state index contributed by atoms with van der Waals surface area (Å²) in [7, 11) is 4.05. The summed E-state index contributed by atoms with van der Waals surface area (Å²) in [6.07, 6.45) is 0. The average Bonchev–Trinajstić information content (AvgIpc) is 2.54. The highest BCUT2D eigenvalue weighted by molar-refractivity contribution is 5.91. The van der Waals surface area contributed by atoms with Gasteiger partial charge in [-0.1, -0.05) is 24.3 Å². The lowest BCUT2D eigenvalue weighted by atomic mass is 10.1. The van der Waals surface area contributed by atoms with Crippen molar-refractivity contribution >= 4 is 23.3 Å². The molecule has 0 aliphatic rings. The fraction of sp³-hybridized carbons (Fsp3) is 0.263. The van der Waals surface area contributed by atoms with Crippen LogP contribution in [0.25, 0.3) is 0 Å². The van der Waals surface area contributed by atoms with E-state index < -0.39 is 0 Å². The number of hydrogen-bond donors (Lipinski definition) is 3. The van der Waals surface area contributed by atoms with Gasteiger partial charge in [0.15, 0.2) is 0 Å². The van der Waals surface area contributed by atoms with Crippen LogP contribution in [-0.4, -0.2) is 30.9 Å². The van der Waals surface area contributed by atoms with E-state index in [0.717, 1.165) is 12.1 Å². The number of nitrogens with one attached hydrogen (secondary N) is 3. The van der Waals surface area contributed by atoms with Crippen LogP contribution < -0.4 is 16.0 Å². The Morgan fingerprint density at radius 3 is 2.12 bits per heavy atom. The Balaban J connectivity index is 1.85. The van der Waals surface area contributed by atoms with Gasteiger partial charge in [0.2, 0.25) is 5.91 Å². The normalized spacial score (nSPS) is 10.4. The third kappa shape index (κ3) is 6.64. The first-order valence-electron chi connectivity index (χ1n) is 8.07. The zero-order valence-electron chi connectivity index (χ0n) is 14.8. The zero-order valence-corrected chi connectivity index (χ0v) is 14.8. The fourth-order valence-corrected chi connectivity index (χ4v) is 2.40. The summed E-state index contributed by atoms with van der Waals surface area (Å²) in [6.45, 7) is 2.77. The van der Waals surface area contributed by atoms with E-state index >= 15 is 0 Å². The third-order valence-corrected chi connectivity index (χ3v) is 3.41. The highest BCUT2D eigenvalue weighted by atomic mass is 16.2. The fourth-order valence-electron chi connectivity index (χ4n) is 2.40. The lowest BCUT2D eigenvalue weighted by molar-refractivity contribution is -0.114. The number of rotatable bonds is 6. The van der Waals surface area contributed by atoms with Gasteiger partial charge in [0.1, 0.15) is 0 Å². The first-order chi connectivity index (χ1) is 11.9. The maximum absolute atomic E-state index is 12.0. The minimum atomic E-state index is -0.273. The molecule has 0 saturated carbocycles. The number of hydrogen-bond acceptors (Lipinski definition) is 3. The van der Waals surface area contributed by atoms with Crippen molar-refractivity contribution in [2.45, 2.75) is 20.0 Å². The monoisotopic (exact) mass is 340 g/mol. The molecular weight excluding hydrogens is 316 g/mol. The minimum absolute atomic E-state index is 0.130. The van der Waals surface area contributed by atoms with E-state index in [1.807, 2.05) is 26.2 Å². The Hall–Kier alpha value is -2.86. The molecule has 0 radical (unpaired) electrons. The molecule has 3 N–H and O–H groups in total. The van der Waals surface area contributed by atoms with E-state index in [-0.39, 0.29) is 11.9 Å². The van der Waals surface area contributed by atoms with Crippen molar-refractivity contribution in [3.8, 4) is 0 Å². The number of nitrogens with zero attached hydrogens (tertiary/aromatic N) is 1. The molecule has 0 atom stereocenters. The van der Waals surface area contributed by atoms with Gasteiger partial charge in [-0.2, -0.15) is 0 Å². The van der Waals surface area contributed by atoms with Crippen LogP contribution in [0.1, 0.15) is 18.1 Å². The van der Waals surface area contributed by atoms with Gasteiger partial charge in [-0.05, 0) is 49.5 Å². The van der Waals surface area contributed by atoms with Crippen LogP contribution in [0.3, 0.4) is 0 Å². The number of carbonyl (C=O) groups excluding carboxylic acids is 2. The standard InChI is InChI=1S/C19H24N4O2/c1-14(24)21-17-7-9-18(10-8-17)22-19(25)20-12-15-5-4-6-16(11-15)13-23(2)3/h4-11H,12-13H2,1-3H3,(H,21,24)(H2,20,22,25). The lowest BCUT2D eigenvalue weighted by Gasteiger charge is -2.12. The Morgan fingerprint density at radius 1 is 0.920 bits per heavy atom. The number of urea groups is 1. The van der Waals surface area contributed by atoms with Gasteiger partial charge >= 0.3 is 6.03 Å². The first-order valence-corrected chi connectivity index (χ1v) is 8.07. The van der Waals surface area contributed by atoms with Crippen molar-refractivity contribution in [3.05, 3.63) is 59.7 Å². The van der Waals surface area contributed by atoms with Crippen LogP contribution in [-0.2, 0) is 17.9 Å². The lowest BCUT2D eigenvalue weighted by Crippen LogP contribution is -2.28. The first kappa shape index (κ1) is 18.5. The minimum Gasteiger partial charge on any atom is -0.334 e. The molecule has 25 heavy (non-hydrogen) atoms. The summed E-state index contributed by atoms with van der Waals surface area (Å²) in [5, 5.41) is 8.29. The van der Waals surface area contributed by atoms with Crippen LogP contribution in [0.15, 0.2) is 48.5 Å². The molecule has 0 aliphatic heterocycles. The second kappa shape index (κ2) is 8.84. The second-order valence-corrected chi connectivity index (χ2v) is 6.12. The molecule has 2 aromatic rings. The van der Waals surface area contributed by atoms with E-state index in [4.69, 9.17) is 0 Å². The Bertz CT molecular complexity index is 726. The summed E-state index contributed by atoms with van der Waals surface area (Å²) < 4.78 is 0. The largest absolute Gasteiger partial charge is 0.334 e. The number of amides is 3. The van der Waals surface area contributed by atoms with Crippen LogP contribution >= 0.6 is 0 Å². The van der Waals surface area contributed by atoms with Crippen LogP contribution in [0, 0.1) is 0 Å². The van der Waals surface area contributed by atoms with Gasteiger partial charge in [0.25, 0.3) is 0 Å². The molecule has 0 fully saturated rings. The Kier molecular flexibility index (Phi) is 6.54. The Morgan fingerprint density at radius 2 is 1.52 bits per heavy atom. The molecule has 2 rings (SSSR count). The molecule has 0 unspecified atom stereocenters. The molecule has 0 bridgehead atoms. The van der Waals surface area contributed by atoms with E-state index in [9.17, 15) is 9.59 Å². The molecular formula is C19H24N4O2. The predicted octanol–water partition coefficient (Wildman–Crippen LogP) is 3.03.